The van der Waals surface area contributed by atoms with Crippen molar-refractivity contribution in [2.24, 2.45) is 11.7 Å². The molecule has 2 rings (SSSR count). The van der Waals surface area contributed by atoms with E-state index in [1.54, 1.807) is 17.0 Å². The van der Waals surface area contributed by atoms with Crippen LogP contribution in [0.25, 0.3) is 0 Å². The van der Waals surface area contributed by atoms with Crippen LogP contribution >= 0.6 is 12.4 Å². The summed E-state index contributed by atoms with van der Waals surface area (Å²) in [6, 6.07) is 6.03. The molecule has 0 bridgehead atoms. The number of para-hydroxylation sites is 1. The molecule has 1 saturated heterocycles. The summed E-state index contributed by atoms with van der Waals surface area (Å²) in [5.41, 5.74) is 5.40. The van der Waals surface area contributed by atoms with Gasteiger partial charge in [-0.1, -0.05) is 19.1 Å². The Morgan fingerprint density at radius 1 is 1.42 bits per heavy atom. The van der Waals surface area contributed by atoms with Gasteiger partial charge in [-0.05, 0) is 31.4 Å². The van der Waals surface area contributed by atoms with E-state index in [2.05, 4.69) is 5.32 Å². The Bertz CT molecular complexity index is 603. The second-order valence-electron chi connectivity index (χ2n) is 6.15. The maximum absolute atomic E-state index is 13.8. The highest BCUT2D eigenvalue weighted by Crippen LogP contribution is 2.22. The van der Waals surface area contributed by atoms with Gasteiger partial charge in [0.25, 0.3) is 5.91 Å². The molecular weight excluding hydrogens is 361 g/mol. The summed E-state index contributed by atoms with van der Waals surface area (Å²) in [5, 5.41) is 2.77. The first-order valence-corrected chi connectivity index (χ1v) is 8.74. The molecule has 146 valence electrons. The molecular formula is C18H27ClFN3O3. The molecule has 0 aromatic heterocycles. The van der Waals surface area contributed by atoms with Gasteiger partial charge in [0.15, 0.2) is 17.7 Å². The minimum Gasteiger partial charge on any atom is -0.478 e. The molecule has 0 saturated carbocycles. The third-order valence-electron chi connectivity index (χ3n) is 4.30. The molecule has 2 atom stereocenters. The molecule has 26 heavy (non-hydrogen) atoms. The van der Waals surface area contributed by atoms with E-state index in [-0.39, 0.29) is 35.9 Å². The fourth-order valence-electron chi connectivity index (χ4n) is 2.94. The third kappa shape index (κ3) is 5.85. The van der Waals surface area contributed by atoms with Crippen molar-refractivity contribution in [2.45, 2.75) is 32.3 Å². The molecule has 1 fully saturated rings. The number of hydrogen-bond acceptors (Lipinski definition) is 4. The zero-order valence-corrected chi connectivity index (χ0v) is 15.8. The average Bonchev–Trinajstić information content (AvgIpc) is 2.65. The standard InChI is InChI=1S/C18H26FN3O3.ClH/c1-2-15(25-16-8-4-3-7-14(16)19)18(24)22-11-5-6-13(12-22)17(23)21-10-9-20;/h3-4,7-8,13,15H,2,5-6,9-12,20H2,1H3,(H,21,23);1H. The molecule has 0 aliphatic carbocycles. The largest absolute Gasteiger partial charge is 0.478 e. The van der Waals surface area contributed by atoms with Crippen LogP contribution in [0, 0.1) is 11.7 Å². The highest BCUT2D eigenvalue weighted by molar-refractivity contribution is 5.85. The Kier molecular flexibility index (Phi) is 9.37. The summed E-state index contributed by atoms with van der Waals surface area (Å²) < 4.78 is 19.4. The number of amides is 2. The van der Waals surface area contributed by atoms with E-state index in [1.807, 2.05) is 6.92 Å². The van der Waals surface area contributed by atoms with E-state index in [0.717, 1.165) is 12.8 Å². The van der Waals surface area contributed by atoms with Crippen molar-refractivity contribution in [2.75, 3.05) is 26.2 Å². The molecule has 1 aromatic carbocycles. The monoisotopic (exact) mass is 387 g/mol. The van der Waals surface area contributed by atoms with Crippen LogP contribution in [0.1, 0.15) is 26.2 Å². The quantitative estimate of drug-likeness (QED) is 0.746. The van der Waals surface area contributed by atoms with Gasteiger partial charge in [0, 0.05) is 26.2 Å². The molecule has 1 heterocycles. The van der Waals surface area contributed by atoms with Gasteiger partial charge in [-0.3, -0.25) is 9.59 Å². The molecule has 3 N–H and O–H groups in total. The van der Waals surface area contributed by atoms with E-state index in [9.17, 15) is 14.0 Å². The van der Waals surface area contributed by atoms with Gasteiger partial charge in [-0.25, -0.2) is 4.39 Å². The summed E-state index contributed by atoms with van der Waals surface area (Å²) in [6.45, 7) is 3.56. The highest BCUT2D eigenvalue weighted by Gasteiger charge is 2.32. The summed E-state index contributed by atoms with van der Waals surface area (Å²) in [5.74, 6) is -0.952. The number of ether oxygens (including phenoxy) is 1. The average molecular weight is 388 g/mol. The number of nitrogens with zero attached hydrogens (tertiary/aromatic N) is 1. The first-order chi connectivity index (χ1) is 12.1. The minimum absolute atomic E-state index is 0. The molecule has 0 spiro atoms. The first-order valence-electron chi connectivity index (χ1n) is 8.74. The van der Waals surface area contributed by atoms with Crippen molar-refractivity contribution < 1.29 is 18.7 Å². The number of halogens is 2. The van der Waals surface area contributed by atoms with E-state index in [1.165, 1.54) is 12.1 Å². The van der Waals surface area contributed by atoms with E-state index in [4.69, 9.17) is 10.5 Å². The maximum atomic E-state index is 13.8. The molecule has 2 unspecified atom stereocenters. The summed E-state index contributed by atoms with van der Waals surface area (Å²) in [7, 11) is 0. The van der Waals surface area contributed by atoms with Crippen LogP contribution in [0.5, 0.6) is 5.75 Å². The lowest BCUT2D eigenvalue weighted by atomic mass is 9.96. The predicted molar refractivity (Wildman–Crippen MR) is 99.7 cm³/mol. The lowest BCUT2D eigenvalue weighted by Gasteiger charge is -2.34. The lowest BCUT2D eigenvalue weighted by Crippen LogP contribution is -2.50. The minimum atomic E-state index is -0.761. The van der Waals surface area contributed by atoms with Crippen molar-refractivity contribution in [1.29, 1.82) is 0 Å². The molecule has 1 aromatic rings. The fourth-order valence-corrected chi connectivity index (χ4v) is 2.94. The first kappa shape index (κ1) is 22.2. The number of nitrogens with one attached hydrogen (secondary N) is 1. The molecule has 8 heteroatoms. The summed E-state index contributed by atoms with van der Waals surface area (Å²) in [4.78, 5) is 26.5. The fraction of sp³-hybridized carbons (Fsp3) is 0.556. The van der Waals surface area contributed by atoms with E-state index >= 15 is 0 Å². The molecule has 2 amide bonds. The Hall–Kier alpha value is -1.86. The van der Waals surface area contributed by atoms with Crippen molar-refractivity contribution >= 4 is 24.2 Å². The van der Waals surface area contributed by atoms with E-state index < -0.39 is 11.9 Å². The number of likely N-dealkylation sites (tertiary alicyclic amines) is 1. The van der Waals surface area contributed by atoms with Gasteiger partial charge in [-0.15, -0.1) is 12.4 Å². The zero-order valence-electron chi connectivity index (χ0n) is 14.9. The zero-order chi connectivity index (χ0) is 18.2. The second-order valence-corrected chi connectivity index (χ2v) is 6.15. The number of carbonyl (C=O) groups is 2. The topological polar surface area (TPSA) is 84.7 Å². The SMILES string of the molecule is CCC(Oc1ccccc1F)C(=O)N1CCCC(C(=O)NCCN)C1.Cl. The van der Waals surface area contributed by atoms with Crippen LogP contribution in [0.15, 0.2) is 24.3 Å². The van der Waals surface area contributed by atoms with Gasteiger partial charge >= 0.3 is 0 Å². The van der Waals surface area contributed by atoms with Crippen LogP contribution in [0.2, 0.25) is 0 Å². The molecule has 1 aliphatic heterocycles. The number of rotatable bonds is 7. The third-order valence-corrected chi connectivity index (χ3v) is 4.30. The Balaban J connectivity index is 0.00000338. The number of hydrogen-bond donors (Lipinski definition) is 2. The van der Waals surface area contributed by atoms with Gasteiger partial charge in [-0.2, -0.15) is 0 Å². The van der Waals surface area contributed by atoms with Crippen molar-refractivity contribution in [3.8, 4) is 5.75 Å². The Labute approximate surface area is 159 Å². The van der Waals surface area contributed by atoms with Crippen LogP contribution in [-0.4, -0.2) is 49.0 Å². The number of benzene rings is 1. The second kappa shape index (κ2) is 11.0. The molecule has 0 radical (unpaired) electrons. The molecule has 1 aliphatic rings. The van der Waals surface area contributed by atoms with Crippen molar-refractivity contribution in [1.82, 2.24) is 10.2 Å². The maximum Gasteiger partial charge on any atom is 0.263 e. The lowest BCUT2D eigenvalue weighted by molar-refractivity contribution is -0.142. The Morgan fingerprint density at radius 2 is 2.15 bits per heavy atom. The van der Waals surface area contributed by atoms with Crippen molar-refractivity contribution in [3.63, 3.8) is 0 Å². The number of piperidine rings is 1. The van der Waals surface area contributed by atoms with Crippen molar-refractivity contribution in [3.05, 3.63) is 30.1 Å². The molecule has 6 nitrogen and oxygen atoms in total. The Morgan fingerprint density at radius 3 is 2.81 bits per heavy atom. The summed E-state index contributed by atoms with van der Waals surface area (Å²) >= 11 is 0. The van der Waals surface area contributed by atoms with Gasteiger partial charge in [0.1, 0.15) is 0 Å². The van der Waals surface area contributed by atoms with Crippen LogP contribution in [-0.2, 0) is 9.59 Å². The highest BCUT2D eigenvalue weighted by atomic mass is 35.5. The normalized spacial score (nSPS) is 17.8. The smallest absolute Gasteiger partial charge is 0.263 e. The van der Waals surface area contributed by atoms with Crippen LogP contribution < -0.4 is 15.8 Å². The summed E-state index contributed by atoms with van der Waals surface area (Å²) in [6.07, 6.45) is 1.16. The van der Waals surface area contributed by atoms with E-state index in [0.29, 0.717) is 32.6 Å². The number of carbonyl (C=O) groups excluding carboxylic acids is 2. The van der Waals surface area contributed by atoms with Crippen LogP contribution in [0.3, 0.4) is 0 Å². The van der Waals surface area contributed by atoms with Gasteiger partial charge < -0.3 is 20.7 Å². The van der Waals surface area contributed by atoms with Gasteiger partial charge in [0.05, 0.1) is 5.92 Å². The van der Waals surface area contributed by atoms with Gasteiger partial charge in [0.2, 0.25) is 5.91 Å². The van der Waals surface area contributed by atoms with Crippen LogP contribution in [0.4, 0.5) is 4.39 Å². The number of nitrogens with two attached hydrogens (primary N) is 1. The predicted octanol–water partition coefficient (Wildman–Crippen LogP) is 1.72.